The predicted molar refractivity (Wildman–Crippen MR) is 51.2 cm³/mol. The molecule has 1 N–H and O–H groups in total. The van der Waals surface area contributed by atoms with Crippen molar-refractivity contribution in [1.29, 1.82) is 0 Å². The molecular weight excluding hydrogens is 190 g/mol. The second-order valence-corrected chi connectivity index (χ2v) is 2.67. The molecule has 3 nitrogen and oxygen atoms in total. The third-order valence-corrected chi connectivity index (χ3v) is 1.77. The minimum atomic E-state index is -0.156. The standard InChI is InChI=1S/C9H8ClNO2/c10-5-9(13)7-2-1-3-8(4-7)11-6-12/h1-4,6H,5H2,(H,11,12). The van der Waals surface area contributed by atoms with Crippen molar-refractivity contribution < 1.29 is 9.59 Å². The van der Waals surface area contributed by atoms with Crippen LogP contribution in [0.3, 0.4) is 0 Å². The summed E-state index contributed by atoms with van der Waals surface area (Å²) in [4.78, 5) is 21.2. The van der Waals surface area contributed by atoms with Crippen molar-refractivity contribution in [3.63, 3.8) is 0 Å². The maximum Gasteiger partial charge on any atom is 0.211 e. The number of anilines is 1. The summed E-state index contributed by atoms with van der Waals surface area (Å²) in [5.74, 6) is -0.207. The molecule has 4 heteroatoms. The van der Waals surface area contributed by atoms with Crippen LogP contribution < -0.4 is 5.32 Å². The molecule has 0 aromatic heterocycles. The van der Waals surface area contributed by atoms with Crippen molar-refractivity contribution in [2.45, 2.75) is 0 Å². The summed E-state index contributed by atoms with van der Waals surface area (Å²) in [7, 11) is 0. The van der Waals surface area contributed by atoms with Crippen molar-refractivity contribution >= 4 is 29.5 Å². The van der Waals surface area contributed by atoms with E-state index in [0.29, 0.717) is 17.7 Å². The van der Waals surface area contributed by atoms with Gasteiger partial charge in [0, 0.05) is 11.3 Å². The quantitative estimate of drug-likeness (QED) is 0.454. The fourth-order valence-corrected chi connectivity index (χ4v) is 1.08. The van der Waals surface area contributed by atoms with E-state index in [1.807, 2.05) is 0 Å². The van der Waals surface area contributed by atoms with Gasteiger partial charge in [-0.25, -0.2) is 0 Å². The lowest BCUT2D eigenvalue weighted by Gasteiger charge is -2.00. The minimum Gasteiger partial charge on any atom is -0.329 e. The molecule has 13 heavy (non-hydrogen) atoms. The number of benzene rings is 1. The normalized spacial score (nSPS) is 9.31. The highest BCUT2D eigenvalue weighted by Crippen LogP contribution is 2.10. The van der Waals surface area contributed by atoms with E-state index < -0.39 is 0 Å². The highest BCUT2D eigenvalue weighted by Gasteiger charge is 2.03. The first-order valence-electron chi connectivity index (χ1n) is 3.67. The molecule has 1 amide bonds. The van der Waals surface area contributed by atoms with Gasteiger partial charge < -0.3 is 5.32 Å². The minimum absolute atomic E-state index is 0.0510. The van der Waals surface area contributed by atoms with E-state index in [1.54, 1.807) is 24.3 Å². The Labute approximate surface area is 80.7 Å². The van der Waals surface area contributed by atoms with E-state index in [1.165, 1.54) is 0 Å². The first-order valence-corrected chi connectivity index (χ1v) is 4.21. The average Bonchev–Trinajstić information content (AvgIpc) is 2.18. The van der Waals surface area contributed by atoms with Crippen LogP contribution in [0.5, 0.6) is 0 Å². The molecule has 1 aromatic rings. The van der Waals surface area contributed by atoms with Crippen molar-refractivity contribution in [2.75, 3.05) is 11.2 Å². The fourth-order valence-electron chi connectivity index (χ4n) is 0.928. The van der Waals surface area contributed by atoms with Gasteiger partial charge >= 0.3 is 0 Å². The van der Waals surface area contributed by atoms with Crippen LogP contribution in [0.15, 0.2) is 24.3 Å². The lowest BCUT2D eigenvalue weighted by atomic mass is 10.1. The molecule has 0 heterocycles. The molecule has 0 atom stereocenters. The van der Waals surface area contributed by atoms with Gasteiger partial charge in [-0.15, -0.1) is 11.6 Å². The zero-order valence-corrected chi connectivity index (χ0v) is 7.54. The summed E-state index contributed by atoms with van der Waals surface area (Å²) in [6.45, 7) is 0. The van der Waals surface area contributed by atoms with Crippen LogP contribution in [0.2, 0.25) is 0 Å². The van der Waals surface area contributed by atoms with Crippen LogP contribution in [0, 0.1) is 0 Å². The van der Waals surface area contributed by atoms with Crippen molar-refractivity contribution in [3.05, 3.63) is 29.8 Å². The number of halogens is 1. The molecule has 0 bridgehead atoms. The lowest BCUT2D eigenvalue weighted by Crippen LogP contribution is -2.01. The molecule has 0 fully saturated rings. The number of rotatable bonds is 4. The van der Waals surface area contributed by atoms with Gasteiger partial charge in [-0.2, -0.15) is 0 Å². The number of carbonyl (C=O) groups excluding carboxylic acids is 2. The Morgan fingerprint density at radius 1 is 1.54 bits per heavy atom. The molecule has 0 radical (unpaired) electrons. The number of hydrogen-bond acceptors (Lipinski definition) is 2. The monoisotopic (exact) mass is 197 g/mol. The van der Waals surface area contributed by atoms with Crippen molar-refractivity contribution in [3.8, 4) is 0 Å². The summed E-state index contributed by atoms with van der Waals surface area (Å²) in [5.41, 5.74) is 1.09. The highest BCUT2D eigenvalue weighted by molar-refractivity contribution is 6.30. The van der Waals surface area contributed by atoms with Crippen LogP contribution in [-0.4, -0.2) is 18.1 Å². The first kappa shape index (κ1) is 9.74. The number of Topliss-reactive ketones (excluding diaryl/α,β-unsaturated/α-hetero) is 1. The van der Waals surface area contributed by atoms with Crippen LogP contribution in [-0.2, 0) is 4.79 Å². The Kier molecular flexibility index (Phi) is 3.46. The largest absolute Gasteiger partial charge is 0.329 e. The van der Waals surface area contributed by atoms with Crippen LogP contribution in [0.4, 0.5) is 5.69 Å². The van der Waals surface area contributed by atoms with Gasteiger partial charge in [0.25, 0.3) is 0 Å². The Hall–Kier alpha value is -1.35. The van der Waals surface area contributed by atoms with Gasteiger partial charge in [0.1, 0.15) is 0 Å². The molecule has 0 aliphatic rings. The van der Waals surface area contributed by atoms with Crippen molar-refractivity contribution in [2.24, 2.45) is 0 Å². The third kappa shape index (κ3) is 2.56. The van der Waals surface area contributed by atoms with Gasteiger partial charge in [0.15, 0.2) is 5.78 Å². The Balaban J connectivity index is 2.90. The Morgan fingerprint density at radius 3 is 2.92 bits per heavy atom. The molecule has 0 aliphatic heterocycles. The van der Waals surface area contributed by atoms with E-state index >= 15 is 0 Å². The number of hydrogen-bond donors (Lipinski definition) is 1. The second-order valence-electron chi connectivity index (χ2n) is 2.40. The van der Waals surface area contributed by atoms with Gasteiger partial charge in [0.2, 0.25) is 6.41 Å². The van der Waals surface area contributed by atoms with Gasteiger partial charge in [-0.1, -0.05) is 12.1 Å². The van der Waals surface area contributed by atoms with E-state index in [0.717, 1.165) is 0 Å². The number of amides is 1. The van der Waals surface area contributed by atoms with Gasteiger partial charge in [-0.3, -0.25) is 9.59 Å². The number of carbonyl (C=O) groups is 2. The molecule has 1 aromatic carbocycles. The van der Waals surface area contributed by atoms with Crippen LogP contribution in [0.1, 0.15) is 10.4 Å². The molecule has 0 spiro atoms. The second kappa shape index (κ2) is 4.62. The fraction of sp³-hybridized carbons (Fsp3) is 0.111. The maximum atomic E-state index is 11.1. The maximum absolute atomic E-state index is 11.1. The molecule has 0 unspecified atom stereocenters. The smallest absolute Gasteiger partial charge is 0.211 e. The Bertz CT molecular complexity index is 325. The van der Waals surface area contributed by atoms with Crippen LogP contribution >= 0.6 is 11.6 Å². The van der Waals surface area contributed by atoms with Gasteiger partial charge in [0.05, 0.1) is 5.88 Å². The third-order valence-electron chi connectivity index (χ3n) is 1.53. The topological polar surface area (TPSA) is 46.2 Å². The molecule has 68 valence electrons. The summed E-state index contributed by atoms with van der Waals surface area (Å²) in [6.07, 6.45) is 0.560. The SMILES string of the molecule is O=CNc1cccc(C(=O)CCl)c1. The average molecular weight is 198 g/mol. The van der Waals surface area contributed by atoms with Crippen LogP contribution in [0.25, 0.3) is 0 Å². The summed E-state index contributed by atoms with van der Waals surface area (Å²) < 4.78 is 0. The first-order chi connectivity index (χ1) is 6.27. The Morgan fingerprint density at radius 2 is 2.31 bits per heavy atom. The summed E-state index contributed by atoms with van der Waals surface area (Å²) in [6, 6.07) is 6.62. The lowest BCUT2D eigenvalue weighted by molar-refractivity contribution is -0.105. The zero-order valence-electron chi connectivity index (χ0n) is 6.79. The molecule has 0 saturated heterocycles. The number of nitrogens with one attached hydrogen (secondary N) is 1. The number of alkyl halides is 1. The van der Waals surface area contributed by atoms with Crippen molar-refractivity contribution in [1.82, 2.24) is 0 Å². The summed E-state index contributed by atoms with van der Waals surface area (Å²) in [5, 5.41) is 2.45. The predicted octanol–water partition coefficient (Wildman–Crippen LogP) is 1.68. The molecular formula is C9H8ClNO2. The molecule has 0 aliphatic carbocycles. The van der Waals surface area contributed by atoms with E-state index in [4.69, 9.17) is 11.6 Å². The van der Waals surface area contributed by atoms with E-state index in [9.17, 15) is 9.59 Å². The van der Waals surface area contributed by atoms with Gasteiger partial charge in [-0.05, 0) is 12.1 Å². The summed E-state index contributed by atoms with van der Waals surface area (Å²) >= 11 is 5.38. The molecule has 1 rings (SSSR count). The van der Waals surface area contributed by atoms with E-state index in [2.05, 4.69) is 5.32 Å². The highest BCUT2D eigenvalue weighted by atomic mass is 35.5. The zero-order chi connectivity index (χ0) is 9.68. The number of ketones is 1. The van der Waals surface area contributed by atoms with E-state index in [-0.39, 0.29) is 11.7 Å². The molecule has 0 saturated carbocycles.